The van der Waals surface area contributed by atoms with Gasteiger partial charge in [0, 0.05) is 12.1 Å². The number of non-ortho nitro benzene ring substituents is 1. The molecule has 6 nitrogen and oxygen atoms in total. The monoisotopic (exact) mass is 271 g/mol. The van der Waals surface area contributed by atoms with E-state index in [0.717, 1.165) is 0 Å². The van der Waals surface area contributed by atoms with Crippen molar-refractivity contribution in [2.24, 2.45) is 0 Å². The minimum atomic E-state index is -0.520. The predicted octanol–water partition coefficient (Wildman–Crippen LogP) is 2.59. The van der Waals surface area contributed by atoms with Gasteiger partial charge in [-0.2, -0.15) is 0 Å². The molecule has 0 spiro atoms. The van der Waals surface area contributed by atoms with E-state index in [1.165, 1.54) is 36.4 Å². The molecule has 6 heteroatoms. The van der Waals surface area contributed by atoms with Crippen LogP contribution in [0, 0.1) is 10.1 Å². The first-order valence-electron chi connectivity index (χ1n) is 5.59. The van der Waals surface area contributed by atoms with Crippen molar-refractivity contribution in [2.45, 2.75) is 0 Å². The third-order valence-corrected chi connectivity index (χ3v) is 2.83. The first kappa shape index (κ1) is 13.4. The second kappa shape index (κ2) is 5.31. The van der Waals surface area contributed by atoms with Gasteiger partial charge >= 0.3 is 0 Å². The van der Waals surface area contributed by atoms with Crippen LogP contribution in [0.5, 0.6) is 5.75 Å². The standard InChI is InChI=1S/C14H9NO5/c16-7-11-5-10(6-12(8-17)14(11)18)9-1-3-13(4-2-9)15(19)20/h1-8,18H. The number of hydrogen-bond donors (Lipinski definition) is 1. The summed E-state index contributed by atoms with van der Waals surface area (Å²) in [6, 6.07) is 8.49. The Labute approximate surface area is 113 Å². The molecule has 0 aliphatic carbocycles. The molecule has 0 fully saturated rings. The van der Waals surface area contributed by atoms with Crippen molar-refractivity contribution in [3.05, 3.63) is 57.6 Å². The van der Waals surface area contributed by atoms with Gasteiger partial charge in [0.15, 0.2) is 12.6 Å². The lowest BCUT2D eigenvalue weighted by atomic mass is 9.99. The summed E-state index contributed by atoms with van der Waals surface area (Å²) in [7, 11) is 0. The zero-order valence-corrected chi connectivity index (χ0v) is 10.1. The summed E-state index contributed by atoms with van der Waals surface area (Å²) in [6.45, 7) is 0. The fraction of sp³-hybridized carbons (Fsp3) is 0. The van der Waals surface area contributed by atoms with E-state index in [4.69, 9.17) is 0 Å². The van der Waals surface area contributed by atoms with E-state index < -0.39 is 4.92 Å². The van der Waals surface area contributed by atoms with Crippen molar-refractivity contribution in [3.63, 3.8) is 0 Å². The molecule has 1 N–H and O–H groups in total. The van der Waals surface area contributed by atoms with Crippen LogP contribution in [0.25, 0.3) is 11.1 Å². The molecule has 0 saturated carbocycles. The van der Waals surface area contributed by atoms with E-state index in [1.807, 2.05) is 0 Å². The van der Waals surface area contributed by atoms with Gasteiger partial charge in [0.2, 0.25) is 0 Å². The van der Waals surface area contributed by atoms with E-state index in [0.29, 0.717) is 23.7 Å². The summed E-state index contributed by atoms with van der Waals surface area (Å²) in [5.41, 5.74) is 1.04. The molecule has 20 heavy (non-hydrogen) atoms. The quantitative estimate of drug-likeness (QED) is 0.523. The fourth-order valence-corrected chi connectivity index (χ4v) is 1.80. The van der Waals surface area contributed by atoms with Crippen molar-refractivity contribution < 1.29 is 19.6 Å². The van der Waals surface area contributed by atoms with Crippen LogP contribution in [0.4, 0.5) is 5.69 Å². The smallest absolute Gasteiger partial charge is 0.269 e. The second-order valence-electron chi connectivity index (χ2n) is 4.04. The molecule has 2 aromatic rings. The Kier molecular flexibility index (Phi) is 3.56. The highest BCUT2D eigenvalue weighted by Gasteiger charge is 2.11. The Morgan fingerprint density at radius 1 is 0.950 bits per heavy atom. The molecule has 0 bridgehead atoms. The Balaban J connectivity index is 2.54. The van der Waals surface area contributed by atoms with Crippen molar-refractivity contribution in [2.75, 3.05) is 0 Å². The Morgan fingerprint density at radius 2 is 1.45 bits per heavy atom. The van der Waals surface area contributed by atoms with E-state index in [1.54, 1.807) is 0 Å². The minimum absolute atomic E-state index is 0.0112. The summed E-state index contributed by atoms with van der Waals surface area (Å²) in [6.07, 6.45) is 0.883. The number of nitrogens with zero attached hydrogens (tertiary/aromatic N) is 1. The summed E-state index contributed by atoms with van der Waals surface area (Å²) in [5, 5.41) is 20.2. The number of hydrogen-bond acceptors (Lipinski definition) is 5. The van der Waals surface area contributed by atoms with Crippen molar-refractivity contribution >= 4 is 18.3 Å². The molecular weight excluding hydrogens is 262 g/mol. The highest BCUT2D eigenvalue weighted by molar-refractivity contribution is 5.91. The number of benzene rings is 2. The van der Waals surface area contributed by atoms with Crippen LogP contribution in [-0.2, 0) is 0 Å². The van der Waals surface area contributed by atoms with Crippen LogP contribution in [0.15, 0.2) is 36.4 Å². The Bertz CT molecular complexity index is 662. The number of rotatable bonds is 4. The molecular formula is C14H9NO5. The third kappa shape index (κ3) is 2.39. The number of carbonyl (C=O) groups is 2. The van der Waals surface area contributed by atoms with Crippen LogP contribution in [0.3, 0.4) is 0 Å². The SMILES string of the molecule is O=Cc1cc(-c2ccc([N+](=O)[O-])cc2)cc(C=O)c1O. The van der Waals surface area contributed by atoms with Crippen molar-refractivity contribution in [3.8, 4) is 16.9 Å². The molecule has 0 atom stereocenters. The van der Waals surface area contributed by atoms with Gasteiger partial charge in [-0.05, 0) is 35.4 Å². The molecule has 0 heterocycles. The van der Waals surface area contributed by atoms with Crippen LogP contribution >= 0.6 is 0 Å². The lowest BCUT2D eigenvalue weighted by Crippen LogP contribution is -1.92. The average molecular weight is 271 g/mol. The maximum absolute atomic E-state index is 10.9. The number of carbonyl (C=O) groups excluding carboxylic acids is 2. The largest absolute Gasteiger partial charge is 0.506 e. The fourth-order valence-electron chi connectivity index (χ4n) is 1.80. The van der Waals surface area contributed by atoms with Crippen LogP contribution in [0.2, 0.25) is 0 Å². The van der Waals surface area contributed by atoms with Crippen molar-refractivity contribution in [1.82, 2.24) is 0 Å². The summed E-state index contributed by atoms with van der Waals surface area (Å²) < 4.78 is 0. The Hall–Kier alpha value is -3.02. The summed E-state index contributed by atoms with van der Waals surface area (Å²) >= 11 is 0. The first-order chi connectivity index (χ1) is 9.56. The molecule has 0 aliphatic heterocycles. The minimum Gasteiger partial charge on any atom is -0.506 e. The molecule has 0 amide bonds. The van der Waals surface area contributed by atoms with Gasteiger partial charge in [-0.3, -0.25) is 19.7 Å². The summed E-state index contributed by atoms with van der Waals surface area (Å²) in [5.74, 6) is -0.374. The number of phenols is 1. The molecule has 0 aromatic heterocycles. The van der Waals surface area contributed by atoms with Gasteiger partial charge in [-0.1, -0.05) is 0 Å². The van der Waals surface area contributed by atoms with Gasteiger partial charge in [0.05, 0.1) is 16.1 Å². The maximum atomic E-state index is 10.9. The zero-order chi connectivity index (χ0) is 14.7. The molecule has 2 rings (SSSR count). The van der Waals surface area contributed by atoms with Gasteiger partial charge in [0.1, 0.15) is 5.75 Å². The van der Waals surface area contributed by atoms with Gasteiger partial charge in [-0.15, -0.1) is 0 Å². The van der Waals surface area contributed by atoms with Gasteiger partial charge in [0.25, 0.3) is 5.69 Å². The highest BCUT2D eigenvalue weighted by Crippen LogP contribution is 2.29. The molecule has 0 radical (unpaired) electrons. The molecule has 100 valence electrons. The van der Waals surface area contributed by atoms with Crippen molar-refractivity contribution in [1.29, 1.82) is 0 Å². The highest BCUT2D eigenvalue weighted by atomic mass is 16.6. The van der Waals surface area contributed by atoms with E-state index in [-0.39, 0.29) is 22.6 Å². The van der Waals surface area contributed by atoms with Gasteiger partial charge in [-0.25, -0.2) is 0 Å². The molecule has 2 aromatic carbocycles. The van der Waals surface area contributed by atoms with E-state index in [2.05, 4.69) is 0 Å². The number of phenolic OH excluding ortho intramolecular Hbond substituents is 1. The first-order valence-corrected chi connectivity index (χ1v) is 5.59. The van der Waals surface area contributed by atoms with Crippen LogP contribution in [-0.4, -0.2) is 22.6 Å². The average Bonchev–Trinajstić information content (AvgIpc) is 2.47. The lowest BCUT2D eigenvalue weighted by Gasteiger charge is -2.06. The lowest BCUT2D eigenvalue weighted by molar-refractivity contribution is -0.384. The Morgan fingerprint density at radius 3 is 1.85 bits per heavy atom. The number of nitro benzene ring substituents is 1. The number of aromatic hydroxyl groups is 1. The molecule has 0 aliphatic rings. The summed E-state index contributed by atoms with van der Waals surface area (Å²) in [4.78, 5) is 31.8. The van der Waals surface area contributed by atoms with E-state index in [9.17, 15) is 24.8 Å². The third-order valence-electron chi connectivity index (χ3n) is 2.83. The molecule has 0 saturated heterocycles. The predicted molar refractivity (Wildman–Crippen MR) is 71.0 cm³/mol. The number of aldehydes is 2. The second-order valence-corrected chi connectivity index (χ2v) is 4.04. The van der Waals surface area contributed by atoms with E-state index >= 15 is 0 Å². The molecule has 0 unspecified atom stereocenters. The maximum Gasteiger partial charge on any atom is 0.269 e. The van der Waals surface area contributed by atoms with Crippen LogP contribution in [0.1, 0.15) is 20.7 Å². The number of nitro groups is 1. The van der Waals surface area contributed by atoms with Crippen LogP contribution < -0.4 is 0 Å². The zero-order valence-electron chi connectivity index (χ0n) is 10.1. The normalized spacial score (nSPS) is 10.0. The van der Waals surface area contributed by atoms with Gasteiger partial charge < -0.3 is 5.11 Å². The topological polar surface area (TPSA) is 97.5 Å².